The number of aliphatic hydroxyl groups is 7. The van der Waals surface area contributed by atoms with Crippen LogP contribution >= 0.6 is 0 Å². The van der Waals surface area contributed by atoms with Crippen LogP contribution < -0.4 is 0 Å². The second kappa shape index (κ2) is 12.7. The highest BCUT2D eigenvalue weighted by molar-refractivity contribution is 5.85. The van der Waals surface area contributed by atoms with Crippen LogP contribution in [-0.4, -0.2) is 135 Å². The summed E-state index contributed by atoms with van der Waals surface area (Å²) in [7, 11) is 0. The lowest BCUT2D eigenvalue weighted by atomic mass is 9.45. The first-order valence-electron chi connectivity index (χ1n) is 17.2. The summed E-state index contributed by atoms with van der Waals surface area (Å²) in [5, 5.41) is 74.0. The van der Waals surface area contributed by atoms with Crippen LogP contribution in [-0.2, 0) is 33.3 Å². The molecule has 48 heavy (non-hydrogen) atoms. The predicted octanol–water partition coefficient (Wildman–Crippen LogP) is -1.01. The van der Waals surface area contributed by atoms with E-state index in [9.17, 15) is 45.3 Å². The van der Waals surface area contributed by atoms with E-state index in [1.165, 1.54) is 0 Å². The van der Waals surface area contributed by atoms with Crippen molar-refractivity contribution in [1.82, 2.24) is 0 Å². The lowest BCUT2D eigenvalue weighted by Crippen LogP contribution is -2.62. The number of rotatable bonds is 7. The van der Waals surface area contributed by atoms with Crippen LogP contribution in [0.5, 0.6) is 0 Å². The van der Waals surface area contributed by atoms with Gasteiger partial charge in [-0.2, -0.15) is 0 Å². The SMILES string of the molecule is C[C@]12CC[C@@H]3[C@@H](CCC4=C[C@H](O[C@H]5OC[C@H](O[C@H]6O[C@@H](CO)[C@H](O)[C@@H](O)[C@@H]6O)[C@@H](O)[C@@H]5O)CC[C@]43C=O)[C@]1(O)CC[C@@H]2C1=CC(=O)OC1. The van der Waals surface area contributed by atoms with Crippen molar-refractivity contribution in [2.75, 3.05) is 19.8 Å². The number of cyclic esters (lactones) is 1. The normalized spacial score (nSPS) is 52.0. The van der Waals surface area contributed by atoms with E-state index in [2.05, 4.69) is 6.92 Å². The largest absolute Gasteiger partial charge is 0.458 e. The lowest BCUT2D eigenvalue weighted by molar-refractivity contribution is -0.345. The number of ether oxygens (including phenoxy) is 5. The van der Waals surface area contributed by atoms with Gasteiger partial charge in [-0.05, 0) is 74.7 Å². The topological polar surface area (TPSA) is 222 Å². The van der Waals surface area contributed by atoms with E-state index in [0.29, 0.717) is 32.1 Å². The Morgan fingerprint density at radius 1 is 0.917 bits per heavy atom. The van der Waals surface area contributed by atoms with E-state index in [0.717, 1.165) is 36.7 Å². The molecule has 7 rings (SSSR count). The van der Waals surface area contributed by atoms with Crippen LogP contribution in [0.3, 0.4) is 0 Å². The number of carbonyl (C=O) groups is 2. The van der Waals surface area contributed by atoms with Crippen LogP contribution in [0.25, 0.3) is 0 Å². The molecule has 7 aliphatic rings. The second-order valence-corrected chi connectivity index (χ2v) is 15.2. The molecule has 4 aliphatic carbocycles. The highest BCUT2D eigenvalue weighted by Crippen LogP contribution is 2.69. The summed E-state index contributed by atoms with van der Waals surface area (Å²) in [6.07, 6.45) is -3.81. The fourth-order valence-corrected chi connectivity index (χ4v) is 10.4. The molecule has 16 atom stereocenters. The van der Waals surface area contributed by atoms with Crippen LogP contribution in [0, 0.1) is 28.6 Å². The first-order valence-corrected chi connectivity index (χ1v) is 17.2. The van der Waals surface area contributed by atoms with Crippen LogP contribution in [0.1, 0.15) is 58.3 Å². The van der Waals surface area contributed by atoms with Gasteiger partial charge in [-0.3, -0.25) is 0 Å². The van der Waals surface area contributed by atoms with E-state index in [4.69, 9.17) is 23.7 Å². The molecular weight excluding hydrogens is 632 g/mol. The summed E-state index contributed by atoms with van der Waals surface area (Å²) in [5.41, 5.74) is -0.200. The number of aliphatic hydroxyl groups excluding tert-OH is 6. The average Bonchev–Trinajstić information content (AvgIpc) is 3.63. The Labute approximate surface area is 278 Å². The molecule has 14 heteroatoms. The van der Waals surface area contributed by atoms with Gasteiger partial charge in [0.15, 0.2) is 12.6 Å². The first kappa shape index (κ1) is 34.6. The quantitative estimate of drug-likeness (QED) is 0.0974. The monoisotopic (exact) mass is 680 g/mol. The van der Waals surface area contributed by atoms with Crippen LogP contribution in [0.2, 0.25) is 0 Å². The summed E-state index contributed by atoms with van der Waals surface area (Å²) < 4.78 is 28.1. The van der Waals surface area contributed by atoms with Crippen molar-refractivity contribution in [3.05, 3.63) is 23.3 Å². The Kier molecular flexibility index (Phi) is 9.19. The van der Waals surface area contributed by atoms with Crippen molar-refractivity contribution < 1.29 is 69.0 Å². The maximum atomic E-state index is 13.0. The third kappa shape index (κ3) is 5.26. The molecular formula is C34H48O14. The van der Waals surface area contributed by atoms with Crippen molar-refractivity contribution in [3.8, 4) is 0 Å². The minimum Gasteiger partial charge on any atom is -0.458 e. The molecule has 3 saturated carbocycles. The van der Waals surface area contributed by atoms with Gasteiger partial charge >= 0.3 is 5.97 Å². The number of aldehydes is 1. The van der Waals surface area contributed by atoms with Gasteiger partial charge in [0, 0.05) is 11.5 Å². The molecule has 3 heterocycles. The fourth-order valence-electron chi connectivity index (χ4n) is 10.4. The minimum atomic E-state index is -1.68. The van der Waals surface area contributed by atoms with Crippen LogP contribution in [0.15, 0.2) is 23.3 Å². The molecule has 5 fully saturated rings. The number of fused-ring (bicyclic) bond motifs is 5. The number of carbonyl (C=O) groups excluding carboxylic acids is 2. The molecule has 0 aromatic rings. The molecule has 268 valence electrons. The molecule has 0 radical (unpaired) electrons. The summed E-state index contributed by atoms with van der Waals surface area (Å²) in [6.45, 7) is 1.52. The Balaban J connectivity index is 1.01. The Morgan fingerprint density at radius 3 is 2.40 bits per heavy atom. The zero-order valence-electron chi connectivity index (χ0n) is 27.0. The molecule has 0 spiro atoms. The molecule has 0 amide bonds. The van der Waals surface area contributed by atoms with Crippen molar-refractivity contribution >= 4 is 12.3 Å². The third-order valence-electron chi connectivity index (χ3n) is 13.1. The van der Waals surface area contributed by atoms with E-state index in [1.54, 1.807) is 6.08 Å². The van der Waals surface area contributed by atoms with Crippen molar-refractivity contribution in [3.63, 3.8) is 0 Å². The molecule has 0 aromatic carbocycles. The summed E-state index contributed by atoms with van der Waals surface area (Å²) in [4.78, 5) is 24.9. The zero-order chi connectivity index (χ0) is 34.2. The maximum absolute atomic E-state index is 13.0. The van der Waals surface area contributed by atoms with Crippen molar-refractivity contribution in [2.24, 2.45) is 28.6 Å². The van der Waals surface area contributed by atoms with Gasteiger partial charge < -0.3 is 64.2 Å². The summed E-state index contributed by atoms with van der Waals surface area (Å²) >= 11 is 0. The smallest absolute Gasteiger partial charge is 0.331 e. The lowest BCUT2D eigenvalue weighted by Gasteiger charge is -2.61. The van der Waals surface area contributed by atoms with Gasteiger partial charge in [0.2, 0.25) is 0 Å². The molecule has 3 aliphatic heterocycles. The van der Waals surface area contributed by atoms with E-state index < -0.39 is 84.4 Å². The number of hydrogen-bond acceptors (Lipinski definition) is 14. The molecule has 7 N–H and O–H groups in total. The van der Waals surface area contributed by atoms with Gasteiger partial charge in [0.05, 0.1) is 30.3 Å². The van der Waals surface area contributed by atoms with Gasteiger partial charge in [-0.15, -0.1) is 0 Å². The number of allylic oxidation sites excluding steroid dienone is 1. The standard InChI is InChI=1S/C34H48O14/c1-32-7-5-20-21(34(32,43)9-6-19(32)16-10-24(37)44-13-16)3-2-17-11-18(4-8-33(17,20)15-36)46-30-28(41)26(39)23(14-45-30)48-31-29(42)27(40)25(38)22(12-35)47-31/h10-11,15,18-23,25-31,35,38-43H,2-9,12-14H2,1H3/t18-,19-,20-,21-,22+,23+,25+,26-,27-,28+,29+,30-,31-,32-,33+,34-/m1/s1. The van der Waals surface area contributed by atoms with E-state index in [-0.39, 0.29) is 36.9 Å². The first-order chi connectivity index (χ1) is 22.9. The van der Waals surface area contributed by atoms with Gasteiger partial charge in [-0.1, -0.05) is 18.6 Å². The zero-order valence-corrected chi connectivity index (χ0v) is 27.0. The van der Waals surface area contributed by atoms with Gasteiger partial charge in [-0.25, -0.2) is 4.79 Å². The highest BCUT2D eigenvalue weighted by Gasteiger charge is 2.68. The molecule has 0 aromatic heterocycles. The Bertz CT molecular complexity index is 1320. The second-order valence-electron chi connectivity index (χ2n) is 15.2. The average molecular weight is 681 g/mol. The summed E-state index contributed by atoms with van der Waals surface area (Å²) in [6, 6.07) is 0. The fraction of sp³-hybridized carbons (Fsp3) is 0.824. The molecule has 0 bridgehead atoms. The molecule has 0 unspecified atom stereocenters. The predicted molar refractivity (Wildman–Crippen MR) is 161 cm³/mol. The van der Waals surface area contributed by atoms with E-state index >= 15 is 0 Å². The third-order valence-corrected chi connectivity index (χ3v) is 13.1. The summed E-state index contributed by atoms with van der Waals surface area (Å²) in [5.74, 6) is -0.380. The van der Waals surface area contributed by atoms with E-state index in [1.807, 2.05) is 6.08 Å². The Morgan fingerprint density at radius 2 is 1.69 bits per heavy atom. The van der Waals surface area contributed by atoms with Crippen molar-refractivity contribution in [1.29, 1.82) is 0 Å². The molecule has 2 saturated heterocycles. The Hall–Kier alpha value is -1.82. The number of hydrogen-bond donors (Lipinski definition) is 7. The van der Waals surface area contributed by atoms with Gasteiger partial charge in [0.25, 0.3) is 0 Å². The number of esters is 1. The minimum absolute atomic E-state index is 0.0399. The van der Waals surface area contributed by atoms with Crippen molar-refractivity contribution in [2.45, 2.75) is 125 Å². The highest BCUT2D eigenvalue weighted by atomic mass is 16.7. The molecule has 14 nitrogen and oxygen atoms in total. The maximum Gasteiger partial charge on any atom is 0.331 e. The van der Waals surface area contributed by atoms with Gasteiger partial charge in [0.1, 0.15) is 55.6 Å². The van der Waals surface area contributed by atoms with Crippen LogP contribution in [0.4, 0.5) is 0 Å².